The molecule has 2 bridgehead atoms. The van der Waals surface area contributed by atoms with Gasteiger partial charge in [0, 0.05) is 20.1 Å². The largest absolute Gasteiger partial charge is 0.455 e. The van der Waals surface area contributed by atoms with Crippen LogP contribution < -0.4 is 5.32 Å². The van der Waals surface area contributed by atoms with Gasteiger partial charge in [-0.2, -0.15) is 0 Å². The number of carbonyl (C=O) groups is 4. The Morgan fingerprint density at radius 2 is 1.91 bits per heavy atom. The molecular formula is C39H48N6O8. The first-order chi connectivity index (χ1) is 25.7. The Morgan fingerprint density at radius 3 is 2.60 bits per heavy atom. The molecule has 3 aliphatic rings. The molecule has 1 spiro atoms. The van der Waals surface area contributed by atoms with E-state index in [-0.39, 0.29) is 38.8 Å². The SMILES string of the molecule is C=CCCC(=O)N[C@H](COC)[C@H](OC(=O)[C@@H]1[C@H]2C(=O)N([C@@H](CC)CO)[C@H](C(=O)N(CC=C)Cn3nnc4ccccc43)[C@]23CC[C@H]1O3)c1ccccc1. The molecule has 3 saturated heterocycles. The van der Waals surface area contributed by atoms with Crippen molar-refractivity contribution in [3.63, 3.8) is 0 Å². The minimum Gasteiger partial charge on any atom is -0.455 e. The first-order valence-corrected chi connectivity index (χ1v) is 18.2. The first kappa shape index (κ1) is 37.8. The number of aliphatic hydroxyl groups is 1. The molecule has 2 aromatic carbocycles. The maximum absolute atomic E-state index is 14.9. The number of amides is 3. The lowest BCUT2D eigenvalue weighted by atomic mass is 9.70. The molecule has 1 aromatic heterocycles. The molecule has 2 N–H and O–H groups in total. The number of para-hydroxylation sites is 1. The summed E-state index contributed by atoms with van der Waals surface area (Å²) in [6, 6.07) is 13.8. The van der Waals surface area contributed by atoms with Crippen molar-refractivity contribution in [2.24, 2.45) is 11.8 Å². The average molecular weight is 729 g/mol. The second kappa shape index (κ2) is 16.4. The van der Waals surface area contributed by atoms with Crippen LogP contribution in [0.15, 0.2) is 79.9 Å². The summed E-state index contributed by atoms with van der Waals surface area (Å²) in [4.78, 5) is 60.0. The number of aromatic nitrogens is 3. The molecule has 0 aliphatic carbocycles. The van der Waals surface area contributed by atoms with Crippen molar-refractivity contribution in [2.75, 3.05) is 26.9 Å². The highest BCUT2D eigenvalue weighted by molar-refractivity contribution is 5.98. The lowest BCUT2D eigenvalue weighted by molar-refractivity contribution is -0.163. The van der Waals surface area contributed by atoms with E-state index in [0.717, 1.165) is 5.52 Å². The van der Waals surface area contributed by atoms with Crippen LogP contribution in [0, 0.1) is 11.8 Å². The van der Waals surface area contributed by atoms with Crippen molar-refractivity contribution in [3.05, 3.63) is 85.5 Å². The van der Waals surface area contributed by atoms with E-state index in [9.17, 15) is 24.3 Å². The van der Waals surface area contributed by atoms with Gasteiger partial charge in [0.2, 0.25) is 17.7 Å². The predicted molar refractivity (Wildman–Crippen MR) is 194 cm³/mol. The lowest BCUT2D eigenvalue weighted by Crippen LogP contribution is -2.58. The number of fused-ring (bicyclic) bond motifs is 2. The number of nitrogens with zero attached hydrogens (tertiary/aromatic N) is 5. The van der Waals surface area contributed by atoms with Crippen molar-refractivity contribution in [3.8, 4) is 0 Å². The van der Waals surface area contributed by atoms with Gasteiger partial charge in [-0.25, -0.2) is 4.68 Å². The smallest absolute Gasteiger partial charge is 0.313 e. The van der Waals surface area contributed by atoms with Crippen molar-refractivity contribution in [2.45, 2.75) is 81.6 Å². The van der Waals surface area contributed by atoms with Crippen LogP contribution in [0.3, 0.4) is 0 Å². The van der Waals surface area contributed by atoms with E-state index in [4.69, 9.17) is 14.2 Å². The molecule has 8 atom stereocenters. The fourth-order valence-electron chi connectivity index (χ4n) is 8.30. The van der Waals surface area contributed by atoms with E-state index in [0.29, 0.717) is 36.8 Å². The molecule has 53 heavy (non-hydrogen) atoms. The van der Waals surface area contributed by atoms with Gasteiger partial charge in [-0.15, -0.1) is 18.3 Å². The number of rotatable bonds is 18. The Balaban J connectivity index is 1.34. The van der Waals surface area contributed by atoms with Crippen LogP contribution in [0.1, 0.15) is 50.7 Å². The molecule has 0 unspecified atom stereocenters. The third-order valence-electron chi connectivity index (χ3n) is 10.7. The van der Waals surface area contributed by atoms with Crippen LogP contribution in [0.5, 0.6) is 0 Å². The second-order valence-corrected chi connectivity index (χ2v) is 13.8. The maximum atomic E-state index is 14.9. The number of aliphatic hydroxyl groups excluding tert-OH is 1. The Morgan fingerprint density at radius 1 is 1.15 bits per heavy atom. The molecule has 6 rings (SSSR count). The number of ether oxygens (including phenoxy) is 3. The number of benzene rings is 2. The van der Waals surface area contributed by atoms with E-state index in [2.05, 4.69) is 28.8 Å². The Bertz CT molecular complexity index is 1810. The predicted octanol–water partition coefficient (Wildman–Crippen LogP) is 2.93. The van der Waals surface area contributed by atoms with Gasteiger partial charge in [0.05, 0.1) is 48.8 Å². The molecule has 3 amide bonds. The third kappa shape index (κ3) is 7.10. The fourth-order valence-corrected chi connectivity index (χ4v) is 8.30. The number of methoxy groups -OCH3 is 1. The van der Waals surface area contributed by atoms with Crippen LogP contribution in [-0.2, 0) is 40.1 Å². The van der Waals surface area contributed by atoms with Crippen molar-refractivity contribution >= 4 is 34.7 Å². The number of hydrogen-bond donors (Lipinski definition) is 2. The molecule has 0 radical (unpaired) electrons. The second-order valence-electron chi connectivity index (χ2n) is 13.8. The normalized spacial score (nSPS) is 24.7. The van der Waals surface area contributed by atoms with Crippen LogP contribution in [0.4, 0.5) is 0 Å². The summed E-state index contributed by atoms with van der Waals surface area (Å²) in [6.45, 7) is 9.21. The van der Waals surface area contributed by atoms with Crippen LogP contribution in [-0.4, -0.2) is 110 Å². The Hall–Kier alpha value is -4.92. The first-order valence-electron chi connectivity index (χ1n) is 18.2. The molecule has 3 fully saturated rings. The highest BCUT2D eigenvalue weighted by Crippen LogP contribution is 2.59. The fraction of sp³-hybridized carbons (Fsp3) is 0.487. The van der Waals surface area contributed by atoms with Crippen molar-refractivity contribution < 1.29 is 38.5 Å². The van der Waals surface area contributed by atoms with Crippen LogP contribution >= 0.6 is 0 Å². The lowest BCUT2D eigenvalue weighted by Gasteiger charge is -2.39. The molecule has 14 heteroatoms. The van der Waals surface area contributed by atoms with E-state index in [1.165, 1.54) is 12.0 Å². The van der Waals surface area contributed by atoms with Gasteiger partial charge in [-0.05, 0) is 43.4 Å². The summed E-state index contributed by atoms with van der Waals surface area (Å²) in [5.41, 5.74) is 0.676. The van der Waals surface area contributed by atoms with Gasteiger partial charge in [0.25, 0.3) is 0 Å². The zero-order valence-corrected chi connectivity index (χ0v) is 30.2. The molecule has 3 aliphatic heterocycles. The zero-order chi connectivity index (χ0) is 37.7. The van der Waals surface area contributed by atoms with E-state index in [1.807, 2.05) is 37.3 Å². The summed E-state index contributed by atoms with van der Waals surface area (Å²) in [6.07, 6.45) is 3.41. The number of carbonyl (C=O) groups excluding carboxylic acids is 4. The van der Waals surface area contributed by atoms with E-state index in [1.54, 1.807) is 46.0 Å². The average Bonchev–Trinajstić information content (AvgIpc) is 3.93. The van der Waals surface area contributed by atoms with Crippen molar-refractivity contribution in [1.82, 2.24) is 30.1 Å². The summed E-state index contributed by atoms with van der Waals surface area (Å²) >= 11 is 0. The van der Waals surface area contributed by atoms with Gasteiger partial charge in [0.1, 0.15) is 29.9 Å². The van der Waals surface area contributed by atoms with Crippen molar-refractivity contribution in [1.29, 1.82) is 0 Å². The third-order valence-corrected chi connectivity index (χ3v) is 10.7. The summed E-state index contributed by atoms with van der Waals surface area (Å²) in [5, 5.41) is 22.0. The monoisotopic (exact) mass is 728 g/mol. The maximum Gasteiger partial charge on any atom is 0.313 e. The highest BCUT2D eigenvalue weighted by Gasteiger charge is 2.75. The molecule has 14 nitrogen and oxygen atoms in total. The van der Waals surface area contributed by atoms with Crippen LogP contribution in [0.25, 0.3) is 11.0 Å². The summed E-state index contributed by atoms with van der Waals surface area (Å²) in [7, 11) is 1.50. The quantitative estimate of drug-likeness (QED) is 0.147. The number of esters is 1. The number of nitrogens with one attached hydrogen (secondary N) is 1. The summed E-state index contributed by atoms with van der Waals surface area (Å²) in [5.74, 6) is -3.86. The number of allylic oxidation sites excluding steroid dienone is 1. The van der Waals surface area contributed by atoms with Gasteiger partial charge >= 0.3 is 5.97 Å². The topological polar surface area (TPSA) is 165 Å². The van der Waals surface area contributed by atoms with E-state index < -0.39 is 65.6 Å². The molecule has 3 aromatic rings. The molecule has 4 heterocycles. The van der Waals surface area contributed by atoms with E-state index >= 15 is 0 Å². The Kier molecular flexibility index (Phi) is 11.7. The Labute approximate surface area is 308 Å². The van der Waals surface area contributed by atoms with Crippen LogP contribution in [0.2, 0.25) is 0 Å². The zero-order valence-electron chi connectivity index (χ0n) is 30.2. The molecular weight excluding hydrogens is 680 g/mol. The van der Waals surface area contributed by atoms with Gasteiger partial charge in [-0.3, -0.25) is 19.2 Å². The minimum absolute atomic E-state index is 0.0215. The van der Waals surface area contributed by atoms with Gasteiger partial charge < -0.3 is 34.4 Å². The van der Waals surface area contributed by atoms with Gasteiger partial charge in [0.15, 0.2) is 0 Å². The minimum atomic E-state index is -1.35. The highest BCUT2D eigenvalue weighted by atomic mass is 16.6. The standard InChI is InChI=1S/C39H48N6O8/c1-5-8-18-31(47)40-28(23-51-4)34(25-14-10-9-11-15-25)52-38(50)32-30-19-20-39(53-30)33(32)36(48)45(26(7-3)22-46)35(39)37(49)43(21-6-2)24-44-29-17-13-12-16-27(29)41-42-44/h5-6,9-17,26,28,30,32-35,46H,1-2,7-8,18-24H2,3-4H3,(H,40,47)/t26-,28+,30+,32-,33-,34+,35+,39-/m0/s1. The summed E-state index contributed by atoms with van der Waals surface area (Å²) < 4.78 is 20.1. The molecule has 0 saturated carbocycles. The van der Waals surface area contributed by atoms with Gasteiger partial charge in [-0.1, -0.05) is 66.8 Å². The number of hydrogen-bond acceptors (Lipinski definition) is 10. The number of likely N-dealkylation sites (tertiary alicyclic amines) is 1. The molecule has 282 valence electrons.